The monoisotopic (exact) mass is 400 g/mol. The predicted molar refractivity (Wildman–Crippen MR) is 118 cm³/mol. The molecule has 0 unspecified atom stereocenters. The lowest BCUT2D eigenvalue weighted by Crippen LogP contribution is -2.15. The van der Waals surface area contributed by atoms with Gasteiger partial charge in [-0.15, -0.1) is 0 Å². The zero-order valence-electron chi connectivity index (χ0n) is 17.0. The van der Waals surface area contributed by atoms with Gasteiger partial charge in [0.15, 0.2) is 0 Å². The molecular formula is C20H36N2O2S2. The van der Waals surface area contributed by atoms with E-state index in [1.54, 1.807) is 31.0 Å². The minimum Gasteiger partial charge on any atom is -0.379 e. The average molecular weight is 401 g/mol. The van der Waals surface area contributed by atoms with Gasteiger partial charge < -0.3 is 10.1 Å². The fourth-order valence-corrected chi connectivity index (χ4v) is 3.34. The van der Waals surface area contributed by atoms with Crippen molar-refractivity contribution in [2.24, 2.45) is 0 Å². The normalized spacial score (nSPS) is 10.8. The summed E-state index contributed by atoms with van der Waals surface area (Å²) in [6.07, 6.45) is 8.74. The third-order valence-electron chi connectivity index (χ3n) is 3.51. The third-order valence-corrected chi connectivity index (χ3v) is 5.32. The largest absolute Gasteiger partial charge is 0.379 e. The first kappa shape index (κ1) is 25.3. The second-order valence-corrected chi connectivity index (χ2v) is 8.94. The summed E-state index contributed by atoms with van der Waals surface area (Å²) in [6, 6.07) is 7.79. The number of anilines is 1. The number of nitrogens with one attached hydrogen (secondary N) is 2. The number of benzene rings is 1. The lowest BCUT2D eigenvalue weighted by Gasteiger charge is -2.14. The number of hydrogen-bond donors (Lipinski definition) is 2. The van der Waals surface area contributed by atoms with E-state index in [0.717, 1.165) is 16.3 Å². The Morgan fingerprint density at radius 3 is 2.15 bits per heavy atom. The highest BCUT2D eigenvalue weighted by molar-refractivity contribution is 8.12. The van der Waals surface area contributed by atoms with E-state index in [9.17, 15) is 4.79 Å². The molecular weight excluding hydrogens is 364 g/mol. The van der Waals surface area contributed by atoms with Gasteiger partial charge in [-0.25, -0.2) is 4.13 Å². The van der Waals surface area contributed by atoms with Gasteiger partial charge in [-0.2, -0.15) is 0 Å². The number of unbranched alkanes of at least 4 members (excludes halogenated alkanes) is 5. The van der Waals surface area contributed by atoms with Crippen LogP contribution in [-0.2, 0) is 9.53 Å². The van der Waals surface area contributed by atoms with Crippen LogP contribution >= 0.6 is 23.9 Å². The summed E-state index contributed by atoms with van der Waals surface area (Å²) < 4.78 is 8.24. The Hall–Kier alpha value is -0.690. The lowest BCUT2D eigenvalue weighted by molar-refractivity contribution is -0.105. The van der Waals surface area contributed by atoms with Gasteiger partial charge in [0.05, 0.1) is 5.60 Å². The molecule has 0 aromatic heterocycles. The van der Waals surface area contributed by atoms with Crippen molar-refractivity contribution >= 4 is 36.0 Å². The fraction of sp³-hybridized carbons (Fsp3) is 0.650. The molecule has 0 bridgehead atoms. The SMILES string of the molecule is CCCCCCCCSNSc1ccc(NC=O)cc1.COC(C)(C)C. The third kappa shape index (κ3) is 16.8. The Kier molecular flexibility index (Phi) is 16.0. The van der Waals surface area contributed by atoms with E-state index in [0.29, 0.717) is 6.41 Å². The van der Waals surface area contributed by atoms with Crippen LogP contribution in [0.5, 0.6) is 0 Å². The highest BCUT2D eigenvalue weighted by Crippen LogP contribution is 2.20. The number of amides is 1. The first-order valence-corrected chi connectivity index (χ1v) is 11.1. The van der Waals surface area contributed by atoms with Crippen LogP contribution in [0.15, 0.2) is 29.2 Å². The first-order chi connectivity index (χ1) is 12.4. The van der Waals surface area contributed by atoms with E-state index in [-0.39, 0.29) is 5.60 Å². The molecule has 0 saturated heterocycles. The van der Waals surface area contributed by atoms with E-state index in [4.69, 9.17) is 4.74 Å². The molecule has 0 fully saturated rings. The van der Waals surface area contributed by atoms with Crippen molar-refractivity contribution < 1.29 is 9.53 Å². The van der Waals surface area contributed by atoms with Crippen molar-refractivity contribution in [2.75, 3.05) is 18.2 Å². The molecule has 0 aliphatic rings. The summed E-state index contributed by atoms with van der Waals surface area (Å²) in [5.41, 5.74) is 0.865. The molecule has 0 heterocycles. The number of methoxy groups -OCH3 is 1. The van der Waals surface area contributed by atoms with Crippen molar-refractivity contribution in [1.29, 1.82) is 0 Å². The van der Waals surface area contributed by atoms with Crippen LogP contribution in [0, 0.1) is 0 Å². The van der Waals surface area contributed by atoms with Crippen LogP contribution in [-0.4, -0.2) is 24.9 Å². The minimum atomic E-state index is 0.0417. The highest BCUT2D eigenvalue weighted by Gasteiger charge is 2.04. The van der Waals surface area contributed by atoms with Gasteiger partial charge in [0.25, 0.3) is 0 Å². The van der Waals surface area contributed by atoms with Gasteiger partial charge in [0.2, 0.25) is 6.41 Å². The number of carbonyl (C=O) groups is 1. The van der Waals surface area contributed by atoms with Crippen molar-refractivity contribution in [3.05, 3.63) is 24.3 Å². The second kappa shape index (κ2) is 16.5. The molecule has 1 aromatic carbocycles. The van der Waals surface area contributed by atoms with Gasteiger partial charge in [-0.1, -0.05) is 51.0 Å². The zero-order valence-corrected chi connectivity index (χ0v) is 18.6. The zero-order chi connectivity index (χ0) is 19.7. The number of ether oxygens (including phenoxy) is 1. The quantitative estimate of drug-likeness (QED) is 0.245. The van der Waals surface area contributed by atoms with Crippen LogP contribution in [0.4, 0.5) is 5.69 Å². The van der Waals surface area contributed by atoms with Crippen molar-refractivity contribution in [2.45, 2.75) is 76.7 Å². The lowest BCUT2D eigenvalue weighted by atomic mass is 10.1. The fourth-order valence-electron chi connectivity index (χ4n) is 1.76. The van der Waals surface area contributed by atoms with Crippen LogP contribution < -0.4 is 9.44 Å². The molecule has 26 heavy (non-hydrogen) atoms. The molecule has 0 saturated carbocycles. The molecule has 1 rings (SSSR count). The van der Waals surface area contributed by atoms with Crippen LogP contribution in [0.1, 0.15) is 66.2 Å². The molecule has 4 nitrogen and oxygen atoms in total. The summed E-state index contributed by atoms with van der Waals surface area (Å²) in [5.74, 6) is 1.16. The molecule has 0 radical (unpaired) electrons. The Morgan fingerprint density at radius 2 is 1.62 bits per heavy atom. The summed E-state index contributed by atoms with van der Waals surface area (Å²) in [6.45, 7) is 8.31. The summed E-state index contributed by atoms with van der Waals surface area (Å²) >= 11 is 3.38. The van der Waals surface area contributed by atoms with Gasteiger partial charge in [-0.3, -0.25) is 4.79 Å². The Labute approximate surface area is 168 Å². The highest BCUT2D eigenvalue weighted by atomic mass is 32.2. The molecule has 150 valence electrons. The Balaban J connectivity index is 0.000000896. The van der Waals surface area contributed by atoms with Crippen molar-refractivity contribution in [3.8, 4) is 0 Å². The van der Waals surface area contributed by atoms with E-state index >= 15 is 0 Å². The second-order valence-electron chi connectivity index (χ2n) is 6.90. The Morgan fingerprint density at radius 1 is 1.04 bits per heavy atom. The molecule has 0 spiro atoms. The smallest absolute Gasteiger partial charge is 0.211 e. The Bertz CT molecular complexity index is 448. The maximum Gasteiger partial charge on any atom is 0.211 e. The van der Waals surface area contributed by atoms with Crippen molar-refractivity contribution in [3.63, 3.8) is 0 Å². The maximum absolute atomic E-state index is 10.3. The van der Waals surface area contributed by atoms with E-state index in [2.05, 4.69) is 16.4 Å². The number of rotatable bonds is 12. The number of hydrogen-bond acceptors (Lipinski definition) is 5. The van der Waals surface area contributed by atoms with Gasteiger partial charge in [0, 0.05) is 23.4 Å². The standard InChI is InChI=1S/C15H24N2OS2.C5H12O/c1-2-3-4-5-6-7-12-19-17-20-15-10-8-14(9-11-15)16-13-18;1-5(2,3)6-4/h8-11,13,17H,2-7,12H2,1H3,(H,16,18);1-4H3. The van der Waals surface area contributed by atoms with Crippen LogP contribution in [0.25, 0.3) is 0 Å². The molecule has 0 atom stereocenters. The van der Waals surface area contributed by atoms with Crippen molar-refractivity contribution in [1.82, 2.24) is 4.13 Å². The average Bonchev–Trinajstić information content (AvgIpc) is 2.62. The molecule has 0 aliphatic carbocycles. The topological polar surface area (TPSA) is 50.4 Å². The van der Waals surface area contributed by atoms with E-state index < -0.39 is 0 Å². The first-order valence-electron chi connectivity index (χ1n) is 9.32. The predicted octanol–water partition coefficient (Wildman–Crippen LogP) is 6.29. The van der Waals surface area contributed by atoms with E-state index in [1.165, 1.54) is 38.5 Å². The molecule has 1 amide bonds. The minimum absolute atomic E-state index is 0.0417. The van der Waals surface area contributed by atoms with E-state index in [1.807, 2.05) is 45.0 Å². The van der Waals surface area contributed by atoms with Gasteiger partial charge in [-0.05, 0) is 63.4 Å². The van der Waals surface area contributed by atoms with Crippen LogP contribution in [0.2, 0.25) is 0 Å². The van der Waals surface area contributed by atoms with Gasteiger partial charge in [0.1, 0.15) is 0 Å². The maximum atomic E-state index is 10.3. The summed E-state index contributed by atoms with van der Waals surface area (Å²) in [5, 5.41) is 2.62. The number of carbonyl (C=O) groups excluding carboxylic acids is 1. The molecule has 6 heteroatoms. The molecule has 0 aliphatic heterocycles. The van der Waals surface area contributed by atoms with Crippen LogP contribution in [0.3, 0.4) is 0 Å². The molecule has 1 aromatic rings. The molecule has 2 N–H and O–H groups in total. The summed E-state index contributed by atoms with van der Waals surface area (Å²) in [4.78, 5) is 11.4. The van der Waals surface area contributed by atoms with Gasteiger partial charge >= 0.3 is 0 Å². The summed E-state index contributed by atoms with van der Waals surface area (Å²) in [7, 11) is 1.71.